The molecule has 3 nitrogen and oxygen atoms in total. The van der Waals surface area contributed by atoms with E-state index in [1.54, 1.807) is 25.1 Å². The molecule has 0 spiro atoms. The normalized spacial score (nSPS) is 22.3. The number of allylic oxidation sites excluding steroid dienone is 4. The Bertz CT molecular complexity index is 673. The molecule has 4 heteroatoms. The first-order valence-corrected chi connectivity index (χ1v) is 9.07. The van der Waals surface area contributed by atoms with Crippen molar-refractivity contribution in [3.8, 4) is 0 Å². The quantitative estimate of drug-likeness (QED) is 0.717. The third-order valence-electron chi connectivity index (χ3n) is 4.12. The Kier molecular flexibility index (Phi) is 5.83. The van der Waals surface area contributed by atoms with Gasteiger partial charge in [-0.2, -0.15) is 0 Å². The molecule has 0 saturated carbocycles. The molecular formula is C19H22O3S. The van der Waals surface area contributed by atoms with Gasteiger partial charge in [-0.15, -0.1) is 0 Å². The molecule has 0 N–H and O–H groups in total. The van der Waals surface area contributed by atoms with Gasteiger partial charge in [-0.3, -0.25) is 13.8 Å². The first-order chi connectivity index (χ1) is 10.9. The second-order valence-corrected chi connectivity index (χ2v) is 7.73. The van der Waals surface area contributed by atoms with Gasteiger partial charge < -0.3 is 0 Å². The fourth-order valence-corrected chi connectivity index (χ4v) is 3.70. The second-order valence-electron chi connectivity index (χ2n) is 6.28. The molecule has 1 aliphatic carbocycles. The van der Waals surface area contributed by atoms with E-state index in [1.807, 2.05) is 30.4 Å². The largest absolute Gasteiger partial charge is 0.295 e. The summed E-state index contributed by atoms with van der Waals surface area (Å²) < 4.78 is 12.1. The minimum absolute atomic E-state index is 0.0159. The fourth-order valence-electron chi connectivity index (χ4n) is 2.60. The number of Topliss-reactive ketones (excluding diaryl/α,β-unsaturated/α-hetero) is 1. The van der Waals surface area contributed by atoms with Crippen LogP contribution in [0.25, 0.3) is 0 Å². The van der Waals surface area contributed by atoms with E-state index in [0.29, 0.717) is 16.9 Å². The maximum Gasteiger partial charge on any atom is 0.171 e. The number of hydrogen-bond acceptors (Lipinski definition) is 3. The standard InChI is InChI=1S/C19H22O3S/c1-15(7-6-11-19(2)12-10-16(20)13-19)18(21)14-23(22)17-8-4-3-5-9-17/h3-5,7-10,12H,6,11,13-14H2,1-2H3/b15-7+. The van der Waals surface area contributed by atoms with Crippen molar-refractivity contribution >= 4 is 22.4 Å². The van der Waals surface area contributed by atoms with Gasteiger partial charge in [0.05, 0.1) is 16.6 Å². The predicted molar refractivity (Wildman–Crippen MR) is 92.6 cm³/mol. The molecule has 0 aliphatic heterocycles. The van der Waals surface area contributed by atoms with Gasteiger partial charge in [0.2, 0.25) is 0 Å². The molecule has 23 heavy (non-hydrogen) atoms. The highest BCUT2D eigenvalue weighted by Crippen LogP contribution is 2.34. The molecule has 0 amide bonds. The molecule has 1 aliphatic rings. The van der Waals surface area contributed by atoms with E-state index in [0.717, 1.165) is 12.8 Å². The summed E-state index contributed by atoms with van der Waals surface area (Å²) in [5.74, 6) is 0.0973. The third-order valence-corrected chi connectivity index (χ3v) is 5.45. The van der Waals surface area contributed by atoms with E-state index in [1.165, 1.54) is 0 Å². The van der Waals surface area contributed by atoms with E-state index >= 15 is 0 Å². The molecular weight excluding hydrogens is 308 g/mol. The number of rotatable bonds is 7. The second kappa shape index (κ2) is 7.64. The molecule has 2 unspecified atom stereocenters. The van der Waals surface area contributed by atoms with Crippen LogP contribution in [0, 0.1) is 5.41 Å². The van der Waals surface area contributed by atoms with Gasteiger partial charge in [0.15, 0.2) is 11.6 Å². The van der Waals surface area contributed by atoms with Gasteiger partial charge >= 0.3 is 0 Å². The lowest BCUT2D eigenvalue weighted by atomic mass is 9.84. The Morgan fingerprint density at radius 1 is 1.30 bits per heavy atom. The minimum atomic E-state index is -1.30. The lowest BCUT2D eigenvalue weighted by Gasteiger charge is -2.19. The summed E-state index contributed by atoms with van der Waals surface area (Å²) in [6, 6.07) is 9.03. The van der Waals surface area contributed by atoms with Crippen LogP contribution in [0.3, 0.4) is 0 Å². The van der Waals surface area contributed by atoms with Crippen molar-refractivity contribution < 1.29 is 13.8 Å². The fraction of sp³-hybridized carbons (Fsp3) is 0.368. The van der Waals surface area contributed by atoms with Crippen LogP contribution < -0.4 is 0 Å². The Hall–Kier alpha value is -1.81. The summed E-state index contributed by atoms with van der Waals surface area (Å²) in [5, 5.41) is 0. The lowest BCUT2D eigenvalue weighted by Crippen LogP contribution is -2.13. The molecule has 0 radical (unpaired) electrons. The van der Waals surface area contributed by atoms with Crippen molar-refractivity contribution in [2.24, 2.45) is 5.41 Å². The van der Waals surface area contributed by atoms with Crippen LogP contribution in [-0.4, -0.2) is 21.5 Å². The van der Waals surface area contributed by atoms with E-state index in [9.17, 15) is 13.8 Å². The van der Waals surface area contributed by atoms with Crippen LogP contribution in [0.5, 0.6) is 0 Å². The van der Waals surface area contributed by atoms with Gasteiger partial charge in [0.25, 0.3) is 0 Å². The molecule has 0 fully saturated rings. The molecule has 2 rings (SSSR count). The third kappa shape index (κ3) is 5.10. The number of hydrogen-bond donors (Lipinski definition) is 0. The highest BCUT2D eigenvalue weighted by Gasteiger charge is 2.27. The number of benzene rings is 1. The highest BCUT2D eigenvalue weighted by molar-refractivity contribution is 7.85. The van der Waals surface area contributed by atoms with Crippen molar-refractivity contribution in [3.63, 3.8) is 0 Å². The Morgan fingerprint density at radius 2 is 2.00 bits per heavy atom. The number of ketones is 2. The number of carbonyl (C=O) groups is 2. The first-order valence-electron chi connectivity index (χ1n) is 7.75. The minimum Gasteiger partial charge on any atom is -0.295 e. The van der Waals surface area contributed by atoms with Gasteiger partial charge in [-0.1, -0.05) is 37.3 Å². The highest BCUT2D eigenvalue weighted by atomic mass is 32.2. The maximum atomic E-state index is 12.2. The zero-order valence-corrected chi connectivity index (χ0v) is 14.4. The van der Waals surface area contributed by atoms with Crippen LogP contribution >= 0.6 is 0 Å². The molecule has 2 atom stereocenters. The zero-order chi connectivity index (χ0) is 16.9. The van der Waals surface area contributed by atoms with Gasteiger partial charge in [-0.25, -0.2) is 0 Å². The molecule has 0 saturated heterocycles. The van der Waals surface area contributed by atoms with Gasteiger partial charge in [0, 0.05) is 11.3 Å². The average Bonchev–Trinajstić information content (AvgIpc) is 2.87. The van der Waals surface area contributed by atoms with E-state index in [2.05, 4.69) is 6.92 Å². The molecule has 0 bridgehead atoms. The van der Waals surface area contributed by atoms with Crippen LogP contribution in [0.15, 0.2) is 59.0 Å². The summed E-state index contributed by atoms with van der Waals surface area (Å²) in [6.07, 6.45) is 7.62. The summed E-state index contributed by atoms with van der Waals surface area (Å²) in [5.41, 5.74) is 0.551. The molecule has 0 heterocycles. The van der Waals surface area contributed by atoms with Crippen molar-refractivity contribution in [1.29, 1.82) is 0 Å². The predicted octanol–water partition coefficient (Wildman–Crippen LogP) is 3.63. The Labute approximate surface area is 139 Å². The van der Waals surface area contributed by atoms with Crippen molar-refractivity contribution in [2.75, 3.05) is 5.75 Å². The number of carbonyl (C=O) groups excluding carboxylic acids is 2. The zero-order valence-electron chi connectivity index (χ0n) is 13.6. The summed E-state index contributed by atoms with van der Waals surface area (Å²) in [4.78, 5) is 24.2. The topological polar surface area (TPSA) is 51.2 Å². The van der Waals surface area contributed by atoms with Crippen molar-refractivity contribution in [1.82, 2.24) is 0 Å². The van der Waals surface area contributed by atoms with E-state index in [4.69, 9.17) is 0 Å². The molecule has 1 aromatic rings. The first kappa shape index (κ1) is 17.5. The van der Waals surface area contributed by atoms with Crippen LogP contribution in [-0.2, 0) is 20.4 Å². The summed E-state index contributed by atoms with van der Waals surface area (Å²) in [6.45, 7) is 3.83. The SMILES string of the molecule is C/C(=C\CCC1(C)C=CC(=O)C1)C(=O)CS(=O)c1ccccc1. The average molecular weight is 330 g/mol. The maximum absolute atomic E-state index is 12.2. The van der Waals surface area contributed by atoms with Crippen molar-refractivity contribution in [2.45, 2.75) is 38.0 Å². The Morgan fingerprint density at radius 3 is 2.61 bits per heavy atom. The molecule has 1 aromatic carbocycles. The van der Waals surface area contributed by atoms with Crippen LogP contribution in [0.1, 0.15) is 33.1 Å². The lowest BCUT2D eigenvalue weighted by molar-refractivity contribution is -0.115. The van der Waals surface area contributed by atoms with Crippen molar-refractivity contribution in [3.05, 3.63) is 54.1 Å². The Balaban J connectivity index is 1.86. The van der Waals surface area contributed by atoms with E-state index < -0.39 is 10.8 Å². The summed E-state index contributed by atoms with van der Waals surface area (Å²) in [7, 11) is -1.30. The van der Waals surface area contributed by atoms with E-state index in [-0.39, 0.29) is 22.7 Å². The van der Waals surface area contributed by atoms with Crippen LogP contribution in [0.2, 0.25) is 0 Å². The van der Waals surface area contributed by atoms with Gasteiger partial charge in [-0.05, 0) is 49.0 Å². The monoisotopic (exact) mass is 330 g/mol. The van der Waals surface area contributed by atoms with Crippen LogP contribution in [0.4, 0.5) is 0 Å². The molecule has 122 valence electrons. The summed E-state index contributed by atoms with van der Waals surface area (Å²) >= 11 is 0. The smallest absolute Gasteiger partial charge is 0.171 e. The van der Waals surface area contributed by atoms with Gasteiger partial charge in [0.1, 0.15) is 0 Å². The molecule has 0 aromatic heterocycles.